The molecule has 0 saturated carbocycles. The summed E-state index contributed by atoms with van der Waals surface area (Å²) in [6.45, 7) is 3.41. The topological polar surface area (TPSA) is 80.7 Å². The third-order valence-corrected chi connectivity index (χ3v) is 4.47. The van der Waals surface area contributed by atoms with Crippen molar-refractivity contribution in [2.45, 2.75) is 26.7 Å². The van der Waals surface area contributed by atoms with Crippen molar-refractivity contribution in [1.82, 2.24) is 0 Å². The molecular weight excluding hydrogens is 356 g/mol. The molecule has 0 aliphatic carbocycles. The Morgan fingerprint density at radius 1 is 1.04 bits per heavy atom. The fourth-order valence-electron chi connectivity index (χ4n) is 2.67. The highest BCUT2D eigenvalue weighted by Crippen LogP contribution is 2.20. The number of hydrogen-bond acceptors (Lipinski definition) is 4. The van der Waals surface area contributed by atoms with Gasteiger partial charge in [0.25, 0.3) is 0 Å². The summed E-state index contributed by atoms with van der Waals surface area (Å²) in [5.74, 6) is -2.13. The third kappa shape index (κ3) is 6.20. The molecule has 5 nitrogen and oxygen atoms in total. The van der Waals surface area contributed by atoms with Gasteiger partial charge in [0.1, 0.15) is 5.75 Å². The standard InChI is InChI=1S/C23H24O5/c1-3-18(15-16(2)22(25)26)23(27)28-20-12-9-17(10-13-20)11-14-21(24)19-7-5-4-6-8-19/h4-14,16,18H,3,15H2,1-2H3,(H,25,26)/b14-11+. The minimum absolute atomic E-state index is 0.0885. The molecule has 0 amide bonds. The Morgan fingerprint density at radius 3 is 2.25 bits per heavy atom. The predicted molar refractivity (Wildman–Crippen MR) is 107 cm³/mol. The number of benzene rings is 2. The van der Waals surface area contributed by atoms with E-state index in [1.54, 1.807) is 49.4 Å². The molecule has 2 atom stereocenters. The predicted octanol–water partition coefficient (Wildman–Crippen LogP) is 4.63. The van der Waals surface area contributed by atoms with Gasteiger partial charge in [0.05, 0.1) is 11.8 Å². The van der Waals surface area contributed by atoms with Gasteiger partial charge in [-0.1, -0.05) is 62.4 Å². The van der Waals surface area contributed by atoms with E-state index in [4.69, 9.17) is 9.84 Å². The van der Waals surface area contributed by atoms with E-state index in [1.807, 2.05) is 25.1 Å². The number of carbonyl (C=O) groups is 3. The van der Waals surface area contributed by atoms with Crippen LogP contribution < -0.4 is 4.74 Å². The lowest BCUT2D eigenvalue weighted by molar-refractivity contribution is -0.144. The van der Waals surface area contributed by atoms with Crippen molar-refractivity contribution in [3.05, 3.63) is 71.8 Å². The second-order valence-electron chi connectivity index (χ2n) is 6.63. The molecule has 0 aromatic heterocycles. The molecule has 0 radical (unpaired) electrons. The van der Waals surface area contributed by atoms with Crippen molar-refractivity contribution in [3.63, 3.8) is 0 Å². The fraction of sp³-hybridized carbons (Fsp3) is 0.261. The molecule has 0 fully saturated rings. The largest absolute Gasteiger partial charge is 0.481 e. The number of hydrogen-bond donors (Lipinski definition) is 1. The molecule has 0 spiro atoms. The number of carboxylic acids is 1. The summed E-state index contributed by atoms with van der Waals surface area (Å²) in [5, 5.41) is 9.01. The van der Waals surface area contributed by atoms with Gasteiger partial charge in [0.15, 0.2) is 5.78 Å². The van der Waals surface area contributed by atoms with Gasteiger partial charge in [0, 0.05) is 5.56 Å². The number of carboxylic acid groups (broad SMARTS) is 1. The van der Waals surface area contributed by atoms with Gasteiger partial charge < -0.3 is 9.84 Å². The average Bonchev–Trinajstić information content (AvgIpc) is 2.71. The minimum Gasteiger partial charge on any atom is -0.481 e. The second-order valence-corrected chi connectivity index (χ2v) is 6.63. The molecule has 5 heteroatoms. The summed E-state index contributed by atoms with van der Waals surface area (Å²) in [6, 6.07) is 15.8. The van der Waals surface area contributed by atoms with E-state index in [1.165, 1.54) is 6.08 Å². The van der Waals surface area contributed by atoms with Crippen LogP contribution in [0.3, 0.4) is 0 Å². The average molecular weight is 380 g/mol. The van der Waals surface area contributed by atoms with Crippen molar-refractivity contribution in [2.24, 2.45) is 11.8 Å². The maximum atomic E-state index is 12.3. The summed E-state index contributed by atoms with van der Waals surface area (Å²) in [4.78, 5) is 35.3. The molecule has 2 unspecified atom stereocenters. The first-order chi connectivity index (χ1) is 13.4. The molecule has 0 saturated heterocycles. The van der Waals surface area contributed by atoms with Gasteiger partial charge in [-0.15, -0.1) is 0 Å². The Morgan fingerprint density at radius 2 is 1.68 bits per heavy atom. The first-order valence-corrected chi connectivity index (χ1v) is 9.22. The van der Waals surface area contributed by atoms with Gasteiger partial charge in [-0.2, -0.15) is 0 Å². The number of carbonyl (C=O) groups excluding carboxylic acids is 2. The SMILES string of the molecule is CCC(CC(C)C(=O)O)C(=O)Oc1ccc(/C=C/C(=O)c2ccccc2)cc1. The summed E-state index contributed by atoms with van der Waals surface area (Å²) in [5.41, 5.74) is 1.42. The van der Waals surface area contributed by atoms with Crippen LogP contribution in [0.25, 0.3) is 6.08 Å². The van der Waals surface area contributed by atoms with E-state index in [0.29, 0.717) is 17.7 Å². The molecule has 146 valence electrons. The second kappa shape index (κ2) is 10.2. The maximum absolute atomic E-state index is 12.3. The number of esters is 1. The Bertz CT molecular complexity index is 837. The number of aliphatic carboxylic acids is 1. The lowest BCUT2D eigenvalue weighted by Gasteiger charge is -2.16. The number of ketones is 1. The quantitative estimate of drug-likeness (QED) is 0.297. The Balaban J connectivity index is 1.96. The Hall–Kier alpha value is -3.21. The molecule has 2 aromatic rings. The molecule has 2 aromatic carbocycles. The van der Waals surface area contributed by atoms with Crippen LogP contribution in [0.4, 0.5) is 0 Å². The number of ether oxygens (including phenoxy) is 1. The zero-order valence-electron chi connectivity index (χ0n) is 16.0. The first kappa shape index (κ1) is 21.1. The number of rotatable bonds is 9. The minimum atomic E-state index is -0.924. The summed E-state index contributed by atoms with van der Waals surface area (Å²) in [7, 11) is 0. The smallest absolute Gasteiger partial charge is 0.314 e. The van der Waals surface area contributed by atoms with E-state index >= 15 is 0 Å². The van der Waals surface area contributed by atoms with E-state index in [-0.39, 0.29) is 12.2 Å². The van der Waals surface area contributed by atoms with E-state index in [0.717, 1.165) is 5.56 Å². The fourth-order valence-corrected chi connectivity index (χ4v) is 2.67. The molecule has 0 aliphatic rings. The first-order valence-electron chi connectivity index (χ1n) is 9.22. The molecule has 0 heterocycles. The highest BCUT2D eigenvalue weighted by atomic mass is 16.5. The van der Waals surface area contributed by atoms with E-state index < -0.39 is 23.8 Å². The highest BCUT2D eigenvalue weighted by Gasteiger charge is 2.24. The van der Waals surface area contributed by atoms with Crippen molar-refractivity contribution in [3.8, 4) is 5.75 Å². The van der Waals surface area contributed by atoms with Gasteiger partial charge in [-0.3, -0.25) is 14.4 Å². The van der Waals surface area contributed by atoms with E-state index in [9.17, 15) is 14.4 Å². The van der Waals surface area contributed by atoms with E-state index in [2.05, 4.69) is 0 Å². The van der Waals surface area contributed by atoms with Gasteiger partial charge in [0.2, 0.25) is 0 Å². The van der Waals surface area contributed by atoms with Crippen LogP contribution in [0.15, 0.2) is 60.7 Å². The van der Waals surface area contributed by atoms with Crippen molar-refractivity contribution in [1.29, 1.82) is 0 Å². The van der Waals surface area contributed by atoms with Gasteiger partial charge >= 0.3 is 11.9 Å². The molecule has 0 aliphatic heterocycles. The van der Waals surface area contributed by atoms with Crippen LogP contribution in [-0.4, -0.2) is 22.8 Å². The lowest BCUT2D eigenvalue weighted by atomic mass is 9.94. The van der Waals surface area contributed by atoms with Gasteiger partial charge in [-0.05, 0) is 36.6 Å². The lowest BCUT2D eigenvalue weighted by Crippen LogP contribution is -2.24. The molecule has 1 N–H and O–H groups in total. The molecule has 2 rings (SSSR count). The zero-order chi connectivity index (χ0) is 20.5. The van der Waals surface area contributed by atoms with Crippen LogP contribution in [-0.2, 0) is 9.59 Å². The zero-order valence-corrected chi connectivity index (χ0v) is 16.0. The summed E-state index contributed by atoms with van der Waals surface area (Å²) >= 11 is 0. The Labute approximate surface area is 164 Å². The van der Waals surface area contributed by atoms with Crippen molar-refractivity contribution >= 4 is 23.8 Å². The summed E-state index contributed by atoms with van der Waals surface area (Å²) in [6.07, 6.45) is 3.95. The highest BCUT2D eigenvalue weighted by molar-refractivity contribution is 6.06. The van der Waals surface area contributed by atoms with Gasteiger partial charge in [-0.25, -0.2) is 0 Å². The maximum Gasteiger partial charge on any atom is 0.314 e. The van der Waals surface area contributed by atoms with Crippen LogP contribution in [0.2, 0.25) is 0 Å². The van der Waals surface area contributed by atoms with Crippen LogP contribution in [0.1, 0.15) is 42.6 Å². The normalized spacial score (nSPS) is 13.1. The molecular formula is C23H24O5. The summed E-state index contributed by atoms with van der Waals surface area (Å²) < 4.78 is 5.38. The van der Waals surface area contributed by atoms with Crippen molar-refractivity contribution < 1.29 is 24.2 Å². The molecule has 0 bridgehead atoms. The number of allylic oxidation sites excluding steroid dienone is 1. The third-order valence-electron chi connectivity index (χ3n) is 4.47. The molecule has 28 heavy (non-hydrogen) atoms. The van der Waals surface area contributed by atoms with Crippen LogP contribution >= 0.6 is 0 Å². The Kier molecular flexibility index (Phi) is 7.69. The van der Waals surface area contributed by atoms with Crippen LogP contribution in [0.5, 0.6) is 5.75 Å². The monoisotopic (exact) mass is 380 g/mol. The van der Waals surface area contributed by atoms with Crippen LogP contribution in [0, 0.1) is 11.8 Å². The van der Waals surface area contributed by atoms with Crippen molar-refractivity contribution in [2.75, 3.05) is 0 Å².